The van der Waals surface area contributed by atoms with Crippen molar-refractivity contribution in [2.24, 2.45) is 0 Å². The number of carbonyl (C=O) groups excluding carboxylic acids is 2. The standard InChI is InChI=1S/C22H25N5O2/c1-3-4-7-20(28)27-11-8-18(9-12-27)21-19(15-24-16(2)26-21)22(29)25-14-17-6-5-10-23-13-17/h1,5-6,10,13,15,18H,4,7-9,11-12,14H2,2H3,(H,25,29). The minimum Gasteiger partial charge on any atom is -0.348 e. The summed E-state index contributed by atoms with van der Waals surface area (Å²) in [5.41, 5.74) is 2.18. The summed E-state index contributed by atoms with van der Waals surface area (Å²) >= 11 is 0. The van der Waals surface area contributed by atoms with Gasteiger partial charge in [-0.25, -0.2) is 9.97 Å². The highest BCUT2D eigenvalue weighted by atomic mass is 16.2. The number of hydrogen-bond donors (Lipinski definition) is 1. The second kappa shape index (κ2) is 9.78. The molecule has 0 atom stereocenters. The van der Waals surface area contributed by atoms with Crippen LogP contribution in [0.15, 0.2) is 30.7 Å². The molecule has 2 aromatic heterocycles. The van der Waals surface area contributed by atoms with Gasteiger partial charge in [-0.3, -0.25) is 14.6 Å². The second-order valence-electron chi connectivity index (χ2n) is 7.12. The third kappa shape index (κ3) is 5.38. The molecule has 0 radical (unpaired) electrons. The fraction of sp³-hybridized carbons (Fsp3) is 0.409. The summed E-state index contributed by atoms with van der Waals surface area (Å²) in [4.78, 5) is 39.7. The fourth-order valence-electron chi connectivity index (χ4n) is 3.49. The molecule has 1 saturated heterocycles. The molecule has 0 unspecified atom stereocenters. The Morgan fingerprint density at radius 1 is 1.31 bits per heavy atom. The predicted octanol–water partition coefficient (Wildman–Crippen LogP) is 2.23. The molecule has 3 heterocycles. The Hall–Kier alpha value is -3.27. The Labute approximate surface area is 171 Å². The average molecular weight is 391 g/mol. The van der Waals surface area contributed by atoms with Crippen molar-refractivity contribution in [3.8, 4) is 12.3 Å². The number of nitrogens with one attached hydrogen (secondary N) is 1. The summed E-state index contributed by atoms with van der Waals surface area (Å²) in [6.45, 7) is 3.50. The number of terminal acetylenes is 1. The lowest BCUT2D eigenvalue weighted by atomic mass is 9.90. The Bertz CT molecular complexity index is 899. The lowest BCUT2D eigenvalue weighted by Gasteiger charge is -2.32. The number of piperidine rings is 1. The van der Waals surface area contributed by atoms with Crippen LogP contribution in [0.4, 0.5) is 0 Å². The van der Waals surface area contributed by atoms with E-state index in [1.807, 2.05) is 24.0 Å². The fourth-order valence-corrected chi connectivity index (χ4v) is 3.49. The van der Waals surface area contributed by atoms with E-state index in [1.54, 1.807) is 18.6 Å². The van der Waals surface area contributed by atoms with Crippen molar-refractivity contribution in [1.29, 1.82) is 0 Å². The minimum absolute atomic E-state index is 0.0923. The quantitative estimate of drug-likeness (QED) is 0.763. The van der Waals surface area contributed by atoms with Crippen molar-refractivity contribution in [1.82, 2.24) is 25.2 Å². The number of likely N-dealkylation sites (tertiary alicyclic amines) is 1. The van der Waals surface area contributed by atoms with Crippen LogP contribution in [0.25, 0.3) is 0 Å². The largest absolute Gasteiger partial charge is 0.348 e. The lowest BCUT2D eigenvalue weighted by molar-refractivity contribution is -0.132. The highest BCUT2D eigenvalue weighted by Gasteiger charge is 2.28. The maximum absolute atomic E-state index is 12.8. The van der Waals surface area contributed by atoms with Crippen molar-refractivity contribution in [2.45, 2.75) is 45.1 Å². The number of hydrogen-bond acceptors (Lipinski definition) is 5. The third-order valence-electron chi connectivity index (χ3n) is 5.08. The smallest absolute Gasteiger partial charge is 0.254 e. The molecule has 150 valence electrons. The van der Waals surface area contributed by atoms with Gasteiger partial charge in [0.15, 0.2) is 0 Å². The van der Waals surface area contributed by atoms with Gasteiger partial charge in [0, 0.05) is 57.0 Å². The first-order valence-electron chi connectivity index (χ1n) is 9.80. The SMILES string of the molecule is C#CCCC(=O)N1CCC(c2nc(C)ncc2C(=O)NCc2cccnc2)CC1. The number of carbonyl (C=O) groups is 2. The van der Waals surface area contributed by atoms with E-state index in [1.165, 1.54) is 0 Å². The molecule has 1 aliphatic heterocycles. The number of aromatic nitrogens is 3. The summed E-state index contributed by atoms with van der Waals surface area (Å²) in [6.07, 6.45) is 12.6. The van der Waals surface area contributed by atoms with E-state index in [9.17, 15) is 9.59 Å². The van der Waals surface area contributed by atoms with E-state index < -0.39 is 0 Å². The molecule has 1 fully saturated rings. The molecule has 1 aliphatic rings. The molecule has 0 aromatic carbocycles. The normalized spacial score (nSPS) is 14.3. The van der Waals surface area contributed by atoms with Crippen LogP contribution in [0.3, 0.4) is 0 Å². The molecule has 0 saturated carbocycles. The zero-order valence-corrected chi connectivity index (χ0v) is 16.6. The van der Waals surface area contributed by atoms with Gasteiger partial charge >= 0.3 is 0 Å². The first-order valence-corrected chi connectivity index (χ1v) is 9.80. The molecular formula is C22H25N5O2. The molecule has 7 heteroatoms. The highest BCUT2D eigenvalue weighted by Crippen LogP contribution is 2.29. The summed E-state index contributed by atoms with van der Waals surface area (Å²) in [5.74, 6) is 3.16. The molecule has 2 aromatic rings. The Morgan fingerprint density at radius 2 is 2.10 bits per heavy atom. The average Bonchev–Trinajstić information content (AvgIpc) is 2.76. The molecule has 0 aliphatic carbocycles. The van der Waals surface area contributed by atoms with Crippen LogP contribution in [0.5, 0.6) is 0 Å². The molecule has 3 rings (SSSR count). The summed E-state index contributed by atoms with van der Waals surface area (Å²) in [6, 6.07) is 3.74. The van der Waals surface area contributed by atoms with Gasteiger partial charge < -0.3 is 10.2 Å². The lowest BCUT2D eigenvalue weighted by Crippen LogP contribution is -2.38. The maximum Gasteiger partial charge on any atom is 0.254 e. The Balaban J connectivity index is 1.67. The number of aryl methyl sites for hydroxylation is 1. The molecule has 1 N–H and O–H groups in total. The van der Waals surface area contributed by atoms with Crippen LogP contribution in [-0.4, -0.2) is 44.8 Å². The van der Waals surface area contributed by atoms with Crippen molar-refractivity contribution >= 4 is 11.8 Å². The van der Waals surface area contributed by atoms with Gasteiger partial charge in [0.25, 0.3) is 5.91 Å². The number of pyridine rings is 1. The molecule has 2 amide bonds. The highest BCUT2D eigenvalue weighted by molar-refractivity contribution is 5.95. The minimum atomic E-state index is -0.198. The van der Waals surface area contributed by atoms with Crippen molar-refractivity contribution in [3.05, 3.63) is 53.4 Å². The van der Waals surface area contributed by atoms with Crippen LogP contribution in [0, 0.1) is 19.3 Å². The molecule has 0 spiro atoms. The van der Waals surface area contributed by atoms with Gasteiger partial charge in [0.2, 0.25) is 5.91 Å². The molecule has 0 bridgehead atoms. The van der Waals surface area contributed by atoms with Gasteiger partial charge in [-0.15, -0.1) is 12.3 Å². The summed E-state index contributed by atoms with van der Waals surface area (Å²) < 4.78 is 0. The first kappa shape index (κ1) is 20.5. The zero-order chi connectivity index (χ0) is 20.6. The number of amides is 2. The van der Waals surface area contributed by atoms with E-state index in [0.717, 1.165) is 24.1 Å². The van der Waals surface area contributed by atoms with Gasteiger partial charge in [-0.2, -0.15) is 0 Å². The maximum atomic E-state index is 12.8. The van der Waals surface area contributed by atoms with Crippen LogP contribution >= 0.6 is 0 Å². The summed E-state index contributed by atoms with van der Waals surface area (Å²) in [7, 11) is 0. The molecule has 7 nitrogen and oxygen atoms in total. The van der Waals surface area contributed by atoms with E-state index in [2.05, 4.69) is 26.2 Å². The topological polar surface area (TPSA) is 88.1 Å². The van der Waals surface area contributed by atoms with Gasteiger partial charge in [-0.05, 0) is 31.4 Å². The van der Waals surface area contributed by atoms with Gasteiger partial charge in [0.1, 0.15) is 5.82 Å². The second-order valence-corrected chi connectivity index (χ2v) is 7.12. The van der Waals surface area contributed by atoms with Crippen LogP contribution < -0.4 is 5.32 Å². The number of rotatable bonds is 6. The third-order valence-corrected chi connectivity index (χ3v) is 5.08. The summed E-state index contributed by atoms with van der Waals surface area (Å²) in [5, 5.41) is 2.92. The predicted molar refractivity (Wildman–Crippen MR) is 109 cm³/mol. The monoisotopic (exact) mass is 391 g/mol. The van der Waals surface area contributed by atoms with E-state index >= 15 is 0 Å². The first-order chi connectivity index (χ1) is 14.1. The Kier molecular flexibility index (Phi) is 6.90. The number of nitrogens with zero attached hydrogens (tertiary/aromatic N) is 4. The molecular weight excluding hydrogens is 366 g/mol. The van der Waals surface area contributed by atoms with E-state index in [-0.39, 0.29) is 17.7 Å². The van der Waals surface area contributed by atoms with E-state index in [0.29, 0.717) is 43.9 Å². The van der Waals surface area contributed by atoms with Crippen LogP contribution in [0.1, 0.15) is 59.0 Å². The van der Waals surface area contributed by atoms with Gasteiger partial charge in [0.05, 0.1) is 11.3 Å². The van der Waals surface area contributed by atoms with Crippen molar-refractivity contribution in [3.63, 3.8) is 0 Å². The zero-order valence-electron chi connectivity index (χ0n) is 16.6. The van der Waals surface area contributed by atoms with Gasteiger partial charge in [-0.1, -0.05) is 6.07 Å². The Morgan fingerprint density at radius 3 is 2.79 bits per heavy atom. The van der Waals surface area contributed by atoms with Crippen molar-refractivity contribution in [2.75, 3.05) is 13.1 Å². The molecule has 29 heavy (non-hydrogen) atoms. The van der Waals surface area contributed by atoms with Crippen molar-refractivity contribution < 1.29 is 9.59 Å². The van der Waals surface area contributed by atoms with E-state index in [4.69, 9.17) is 6.42 Å². The van der Waals surface area contributed by atoms with Crippen LogP contribution in [0.2, 0.25) is 0 Å². The van der Waals surface area contributed by atoms with Crippen LogP contribution in [-0.2, 0) is 11.3 Å².